The topological polar surface area (TPSA) is 153 Å². The summed E-state index contributed by atoms with van der Waals surface area (Å²) in [6.45, 7) is -0.243. The molecular formula is C14H17N3O7S. The van der Waals surface area contributed by atoms with Crippen LogP contribution in [0.5, 0.6) is 0 Å². The molecule has 0 saturated heterocycles. The number of carboxylic acids is 1. The van der Waals surface area contributed by atoms with Crippen LogP contribution in [-0.4, -0.2) is 65.3 Å². The molecule has 136 valence electrons. The first-order valence-corrected chi connectivity index (χ1v) is 7.94. The summed E-state index contributed by atoms with van der Waals surface area (Å²) < 4.78 is 4.83. The molecule has 0 aliphatic carbocycles. The van der Waals surface area contributed by atoms with Gasteiger partial charge in [0.05, 0.1) is 22.2 Å². The van der Waals surface area contributed by atoms with Gasteiger partial charge in [0.1, 0.15) is 6.54 Å². The third kappa shape index (κ3) is 6.39. The van der Waals surface area contributed by atoms with Crippen molar-refractivity contribution in [3.63, 3.8) is 0 Å². The first kappa shape index (κ1) is 20.4. The fourth-order valence-corrected chi connectivity index (χ4v) is 2.73. The number of nitrogens with zero attached hydrogens (tertiary/aromatic N) is 2. The maximum atomic E-state index is 12.2. The molecule has 0 aromatic heterocycles. The van der Waals surface area contributed by atoms with Gasteiger partial charge in [-0.3, -0.25) is 24.5 Å². The van der Waals surface area contributed by atoms with Crippen LogP contribution in [0.1, 0.15) is 10.4 Å². The molecule has 0 saturated carbocycles. The molecule has 0 atom stereocenters. The van der Waals surface area contributed by atoms with Gasteiger partial charge in [-0.1, -0.05) is 0 Å². The highest BCUT2D eigenvalue weighted by Gasteiger charge is 2.21. The molecule has 0 radical (unpaired) electrons. The van der Waals surface area contributed by atoms with Gasteiger partial charge in [-0.25, -0.2) is 0 Å². The molecule has 0 fully saturated rings. The number of carboxylic acid groups (broad SMARTS) is 1. The third-order valence-corrected chi connectivity index (χ3v) is 4.08. The van der Waals surface area contributed by atoms with E-state index in [1.165, 1.54) is 19.2 Å². The van der Waals surface area contributed by atoms with Crippen LogP contribution in [0.3, 0.4) is 0 Å². The number of ether oxygens (including phenoxy) is 1. The largest absolute Gasteiger partial charge is 0.480 e. The lowest BCUT2D eigenvalue weighted by Gasteiger charge is -2.20. The molecule has 0 spiro atoms. The molecule has 1 aromatic rings. The zero-order chi connectivity index (χ0) is 19.0. The summed E-state index contributed by atoms with van der Waals surface area (Å²) in [4.78, 5) is 45.8. The molecule has 2 amide bonds. The van der Waals surface area contributed by atoms with Crippen molar-refractivity contribution in [1.29, 1.82) is 0 Å². The molecule has 1 aromatic carbocycles. The van der Waals surface area contributed by atoms with Crippen molar-refractivity contribution in [3.8, 4) is 0 Å². The number of thioether (sulfide) groups is 1. The van der Waals surface area contributed by atoms with Crippen molar-refractivity contribution in [2.75, 3.05) is 32.6 Å². The van der Waals surface area contributed by atoms with E-state index in [0.29, 0.717) is 0 Å². The number of rotatable bonds is 10. The van der Waals surface area contributed by atoms with Crippen LogP contribution < -0.4 is 5.73 Å². The molecule has 0 bridgehead atoms. The number of nitro benzene ring substituents is 1. The van der Waals surface area contributed by atoms with E-state index in [0.717, 1.165) is 22.7 Å². The Labute approximate surface area is 147 Å². The van der Waals surface area contributed by atoms with Gasteiger partial charge in [-0.15, -0.1) is 11.8 Å². The fourth-order valence-electron chi connectivity index (χ4n) is 1.82. The smallest absolute Gasteiger partial charge is 0.323 e. The maximum absolute atomic E-state index is 12.2. The minimum atomic E-state index is -1.17. The number of amides is 2. The highest BCUT2D eigenvalue weighted by molar-refractivity contribution is 8.00. The third-order valence-electron chi connectivity index (χ3n) is 3.04. The summed E-state index contributed by atoms with van der Waals surface area (Å²) in [5.74, 6) is -2.68. The number of nitrogens with two attached hydrogens (primary N) is 1. The van der Waals surface area contributed by atoms with Gasteiger partial charge < -0.3 is 20.5 Å². The van der Waals surface area contributed by atoms with Gasteiger partial charge >= 0.3 is 5.97 Å². The van der Waals surface area contributed by atoms with Crippen molar-refractivity contribution in [3.05, 3.63) is 33.9 Å². The monoisotopic (exact) mass is 371 g/mol. The lowest BCUT2D eigenvalue weighted by atomic mass is 10.2. The molecule has 0 unspecified atom stereocenters. The Balaban J connectivity index is 2.87. The van der Waals surface area contributed by atoms with Crippen molar-refractivity contribution in [2.24, 2.45) is 5.73 Å². The van der Waals surface area contributed by atoms with Gasteiger partial charge in [0.2, 0.25) is 11.8 Å². The van der Waals surface area contributed by atoms with Crippen LogP contribution in [0.25, 0.3) is 0 Å². The second kappa shape index (κ2) is 9.59. The van der Waals surface area contributed by atoms with Gasteiger partial charge in [0, 0.05) is 25.3 Å². The number of hydrogen-bond acceptors (Lipinski definition) is 7. The number of primary amides is 1. The summed E-state index contributed by atoms with van der Waals surface area (Å²) in [5, 5.41) is 20.0. The predicted molar refractivity (Wildman–Crippen MR) is 88.4 cm³/mol. The van der Waals surface area contributed by atoms with E-state index in [2.05, 4.69) is 0 Å². The van der Waals surface area contributed by atoms with Crippen LogP contribution in [-0.2, 0) is 14.3 Å². The number of carbonyl (C=O) groups excluding carboxylic acids is 2. The molecular weight excluding hydrogens is 354 g/mol. The van der Waals surface area contributed by atoms with Gasteiger partial charge in [0.15, 0.2) is 0 Å². The normalized spacial score (nSPS) is 10.3. The Morgan fingerprint density at radius 2 is 2.08 bits per heavy atom. The zero-order valence-corrected chi connectivity index (χ0v) is 14.2. The van der Waals surface area contributed by atoms with Crippen molar-refractivity contribution in [2.45, 2.75) is 4.90 Å². The summed E-state index contributed by atoms with van der Waals surface area (Å²) in [5.41, 5.74) is 4.72. The first-order chi connectivity index (χ1) is 11.8. The van der Waals surface area contributed by atoms with Crippen molar-refractivity contribution >= 4 is 35.2 Å². The van der Waals surface area contributed by atoms with E-state index in [1.807, 2.05) is 0 Å². The Bertz CT molecular complexity index is 680. The quantitative estimate of drug-likeness (QED) is 0.339. The number of methoxy groups -OCH3 is 1. The minimum Gasteiger partial charge on any atom is -0.480 e. The van der Waals surface area contributed by atoms with E-state index < -0.39 is 29.3 Å². The van der Waals surface area contributed by atoms with E-state index in [9.17, 15) is 24.5 Å². The van der Waals surface area contributed by atoms with Crippen LogP contribution in [0.15, 0.2) is 23.1 Å². The van der Waals surface area contributed by atoms with Gasteiger partial charge in [0.25, 0.3) is 5.69 Å². The van der Waals surface area contributed by atoms with Gasteiger partial charge in [-0.2, -0.15) is 0 Å². The Kier molecular flexibility index (Phi) is 7.82. The van der Waals surface area contributed by atoms with Crippen molar-refractivity contribution < 1.29 is 29.2 Å². The molecule has 0 aliphatic heterocycles. The molecule has 25 heavy (non-hydrogen) atoms. The summed E-state index contributed by atoms with van der Waals surface area (Å²) in [6.07, 6.45) is 0. The van der Waals surface area contributed by atoms with Crippen LogP contribution >= 0.6 is 11.8 Å². The summed E-state index contributed by atoms with van der Waals surface area (Å²) in [7, 11) is 1.42. The van der Waals surface area contributed by atoms with E-state index >= 15 is 0 Å². The highest BCUT2D eigenvalue weighted by Crippen LogP contribution is 2.30. The lowest BCUT2D eigenvalue weighted by Crippen LogP contribution is -2.39. The van der Waals surface area contributed by atoms with Crippen molar-refractivity contribution in [1.82, 2.24) is 4.90 Å². The number of nitro groups is 1. The number of benzene rings is 1. The van der Waals surface area contributed by atoms with Crippen LogP contribution in [0, 0.1) is 10.1 Å². The minimum absolute atomic E-state index is 0.0185. The standard InChI is InChI=1S/C14H17N3O7S/c1-24-5-4-16(7-13(19)20)12(18)8-25-11-3-2-9(14(15)21)6-10(11)17(22)23/h2-3,6H,4-5,7-8H2,1H3,(H2,15,21)(H,19,20). The van der Waals surface area contributed by atoms with Gasteiger partial charge in [-0.05, 0) is 12.1 Å². The zero-order valence-electron chi connectivity index (χ0n) is 13.3. The molecule has 3 N–H and O–H groups in total. The highest BCUT2D eigenvalue weighted by atomic mass is 32.2. The average molecular weight is 371 g/mol. The van der Waals surface area contributed by atoms with Crippen LogP contribution in [0.4, 0.5) is 5.69 Å². The van der Waals surface area contributed by atoms with E-state index in [4.69, 9.17) is 15.6 Å². The SMILES string of the molecule is COCCN(CC(=O)O)C(=O)CSc1ccc(C(N)=O)cc1[N+](=O)[O-]. The lowest BCUT2D eigenvalue weighted by molar-refractivity contribution is -0.387. The molecule has 11 heteroatoms. The Morgan fingerprint density at radius 1 is 1.40 bits per heavy atom. The second-order valence-electron chi connectivity index (χ2n) is 4.79. The summed E-state index contributed by atoms with van der Waals surface area (Å²) in [6, 6.07) is 3.68. The first-order valence-electron chi connectivity index (χ1n) is 6.95. The molecule has 0 aliphatic rings. The number of carbonyl (C=O) groups is 3. The average Bonchev–Trinajstić information content (AvgIpc) is 2.55. The van der Waals surface area contributed by atoms with E-state index in [-0.39, 0.29) is 35.1 Å². The van der Waals surface area contributed by atoms with Crippen LogP contribution in [0.2, 0.25) is 0 Å². The fraction of sp³-hybridized carbons (Fsp3) is 0.357. The Morgan fingerprint density at radius 3 is 2.60 bits per heavy atom. The molecule has 0 heterocycles. The van der Waals surface area contributed by atoms with E-state index in [1.54, 1.807) is 0 Å². The second-order valence-corrected chi connectivity index (χ2v) is 5.81. The number of aliphatic carboxylic acids is 1. The number of hydrogen-bond donors (Lipinski definition) is 2. The maximum Gasteiger partial charge on any atom is 0.323 e. The molecule has 1 rings (SSSR count). The summed E-state index contributed by atoms with van der Waals surface area (Å²) >= 11 is 0.874. The predicted octanol–water partition coefficient (Wildman–Crippen LogP) is 0.345. The Hall–Kier alpha value is -2.66. The molecule has 10 nitrogen and oxygen atoms in total.